The van der Waals surface area contributed by atoms with Gasteiger partial charge in [0.15, 0.2) is 11.9 Å². The lowest BCUT2D eigenvalue weighted by atomic mass is 10.1. The molecule has 0 bridgehead atoms. The van der Waals surface area contributed by atoms with Crippen molar-refractivity contribution < 1.29 is 46.3 Å². The van der Waals surface area contributed by atoms with Gasteiger partial charge >= 0.3 is 0 Å². The van der Waals surface area contributed by atoms with E-state index in [4.69, 9.17) is 51.9 Å². The third-order valence-corrected chi connectivity index (χ3v) is 19.9. The third-order valence-electron chi connectivity index (χ3n) is 19.4. The van der Waals surface area contributed by atoms with Crippen LogP contribution in [0.5, 0.6) is 0 Å². The molecule has 0 saturated carbocycles. The Bertz CT molecular complexity index is 4540. The minimum atomic E-state index is -0.691. The summed E-state index contributed by atoms with van der Waals surface area (Å²) in [7, 11) is 0. The summed E-state index contributed by atoms with van der Waals surface area (Å²) in [5.41, 5.74) is 30.7. The number of rotatable bonds is 26. The van der Waals surface area contributed by atoms with Crippen LogP contribution in [0.2, 0.25) is 10.0 Å². The highest BCUT2D eigenvalue weighted by Crippen LogP contribution is 2.25. The van der Waals surface area contributed by atoms with Crippen LogP contribution in [-0.2, 0) is 34.0 Å². The van der Waals surface area contributed by atoms with Gasteiger partial charge in [-0.2, -0.15) is 0 Å². The number of nitrogens with one attached hydrogen (secondary N) is 6. The van der Waals surface area contributed by atoms with Crippen molar-refractivity contribution in [2.45, 2.75) is 114 Å². The Labute approximate surface area is 652 Å². The fourth-order valence-corrected chi connectivity index (χ4v) is 14.3. The van der Waals surface area contributed by atoms with Gasteiger partial charge in [-0.3, -0.25) is 38.8 Å². The second-order valence-electron chi connectivity index (χ2n) is 27.9. The van der Waals surface area contributed by atoms with Crippen molar-refractivity contribution >= 4 is 103 Å². The highest BCUT2D eigenvalue weighted by molar-refractivity contribution is 6.31. The fourth-order valence-electron chi connectivity index (χ4n) is 13.9. The van der Waals surface area contributed by atoms with E-state index in [1.165, 1.54) is 36.4 Å². The van der Waals surface area contributed by atoms with E-state index in [9.17, 15) is 46.3 Å². The first-order valence-corrected chi connectivity index (χ1v) is 37.9. The van der Waals surface area contributed by atoms with E-state index in [1.807, 2.05) is 115 Å². The zero-order valence-electron chi connectivity index (χ0n) is 61.5. The summed E-state index contributed by atoms with van der Waals surface area (Å²) < 4.78 is 55.2. The third kappa shape index (κ3) is 25.1. The van der Waals surface area contributed by atoms with Crippen molar-refractivity contribution in [3.63, 3.8) is 0 Å². The molecular formula is C83H94Cl2F4N16O6. The van der Waals surface area contributed by atoms with E-state index in [0.29, 0.717) is 155 Å². The number of nitrogens with two attached hydrogens (primary N) is 5. The molecule has 22 nitrogen and oxygen atoms in total. The normalized spacial score (nSPS) is 18.0. The van der Waals surface area contributed by atoms with Crippen molar-refractivity contribution in [3.05, 3.63) is 249 Å². The molecule has 3 aliphatic heterocycles. The highest BCUT2D eigenvalue weighted by Gasteiger charge is 2.34. The van der Waals surface area contributed by atoms with Crippen molar-refractivity contribution in [2.75, 3.05) is 58.9 Å². The molecule has 9 aromatic rings. The summed E-state index contributed by atoms with van der Waals surface area (Å²) in [6, 6.07) is 50.3. The Kier molecular flexibility index (Phi) is 30.4. The molecule has 111 heavy (non-hydrogen) atoms. The standard InChI is InChI=1S/C28H32ClFN6O2.C28H32F2N6O2.C27H30ClFN4O2/c2*29-22-12-18(13-23(30)15-22)17-36-11-9-24(35-25(27(36)38)6-3-10-33-28(31)32)16-34-26(37)21-8-7-19-4-1-2-5-20(19)14-21;28-22-12-18(13-23(29)15-22)17-33-11-9-24(32-25(27(33)35)6-3-10-30)16-31-26(34)21-8-7-19-4-1-2-5-20(19)14-21/h2*1-2,4-5,7-8,12-15,24-25,35H,3,6,9-11,16-17H2,(H,34,37)(H4,31,32,33);1-2,4-5,7-8,12-15,24-25,32H,3,6,9-11,16-17,30H2,(H,31,34)/t3*24-,25-/m000/s1. The Hall–Kier alpha value is -10.7. The number of guanidine groups is 2. The minimum absolute atomic E-state index is 0.00374. The van der Waals surface area contributed by atoms with Crippen LogP contribution in [0.3, 0.4) is 0 Å². The van der Waals surface area contributed by atoms with Gasteiger partial charge in [0.1, 0.15) is 23.3 Å². The molecule has 6 amide bonds. The predicted octanol–water partition coefficient (Wildman–Crippen LogP) is 9.70. The smallest absolute Gasteiger partial charge is 0.251 e. The average Bonchev–Trinajstić information content (AvgIpc) is 1.62. The second kappa shape index (κ2) is 40.8. The number of carbonyl (C=O) groups excluding carboxylic acids is 6. The van der Waals surface area contributed by atoms with Crippen molar-refractivity contribution in [3.8, 4) is 0 Å². The van der Waals surface area contributed by atoms with Crippen LogP contribution in [0.15, 0.2) is 192 Å². The van der Waals surface area contributed by atoms with E-state index in [0.717, 1.165) is 38.4 Å². The molecule has 584 valence electrons. The number of halogens is 6. The maximum atomic E-state index is 13.9. The van der Waals surface area contributed by atoms with Gasteiger partial charge in [0, 0.05) is 123 Å². The van der Waals surface area contributed by atoms with Gasteiger partial charge in [-0.1, -0.05) is 114 Å². The number of aliphatic imine (C=N–C) groups is 2. The SMILES string of the molecule is NC(N)=NCCC[C@@H]1N[C@H](CNC(=O)c2ccc3ccccc3c2)CCN(Cc2cc(F)cc(Cl)c2)C1=O.NC(N)=NCCC[C@@H]1N[C@H](CNC(=O)c2ccc3ccccc3c2)CCN(Cc2cc(F)cc(F)c2)C1=O.NCCC[C@@H]1N[C@H](CNC(=O)c2ccc3ccccc3c2)CCN(Cc2cc(F)cc(Cl)c2)C1=O. The van der Waals surface area contributed by atoms with Crippen LogP contribution < -0.4 is 60.6 Å². The molecule has 3 heterocycles. The zero-order valence-corrected chi connectivity index (χ0v) is 63.0. The number of benzene rings is 9. The molecule has 0 spiro atoms. The Morgan fingerprint density at radius 3 is 1.01 bits per heavy atom. The zero-order chi connectivity index (χ0) is 78.9. The maximum Gasteiger partial charge on any atom is 0.251 e. The molecule has 9 aromatic carbocycles. The lowest BCUT2D eigenvalue weighted by Gasteiger charge is -2.25. The molecule has 12 rings (SSSR count). The van der Waals surface area contributed by atoms with Gasteiger partial charge in [-0.05, 0) is 198 Å². The maximum absolute atomic E-state index is 13.9. The van der Waals surface area contributed by atoms with Crippen molar-refractivity contribution in [1.82, 2.24) is 46.6 Å². The number of hydrogen-bond acceptors (Lipinski definition) is 12. The Balaban J connectivity index is 0.000000177. The molecule has 0 aromatic heterocycles. The lowest BCUT2D eigenvalue weighted by Crippen LogP contribution is -2.48. The van der Waals surface area contributed by atoms with Gasteiger partial charge < -0.3 is 75.3 Å². The lowest BCUT2D eigenvalue weighted by molar-refractivity contribution is -0.134. The van der Waals surface area contributed by atoms with Crippen molar-refractivity contribution in [2.24, 2.45) is 38.7 Å². The Morgan fingerprint density at radius 2 is 0.703 bits per heavy atom. The Morgan fingerprint density at radius 1 is 0.405 bits per heavy atom. The van der Waals surface area contributed by atoms with Crippen LogP contribution in [0.4, 0.5) is 17.6 Å². The predicted molar refractivity (Wildman–Crippen MR) is 428 cm³/mol. The van der Waals surface area contributed by atoms with Gasteiger partial charge in [0.05, 0.1) is 18.1 Å². The van der Waals surface area contributed by atoms with Crippen molar-refractivity contribution in [1.29, 1.82) is 0 Å². The second-order valence-corrected chi connectivity index (χ2v) is 28.7. The van der Waals surface area contributed by atoms with Crippen LogP contribution >= 0.6 is 23.2 Å². The molecule has 0 radical (unpaired) electrons. The first kappa shape index (κ1) is 82.7. The minimum Gasteiger partial charge on any atom is -0.370 e. The molecule has 28 heteroatoms. The number of hydrogen-bond donors (Lipinski definition) is 11. The van der Waals surface area contributed by atoms with E-state index in [1.54, 1.807) is 39.0 Å². The van der Waals surface area contributed by atoms with E-state index < -0.39 is 41.4 Å². The molecule has 3 fully saturated rings. The quantitative estimate of drug-likeness (QED) is 0.0104. The fraction of sp³-hybridized carbons (Fsp3) is 0.325. The largest absolute Gasteiger partial charge is 0.370 e. The first-order valence-electron chi connectivity index (χ1n) is 37.1. The molecule has 6 atom stereocenters. The summed E-state index contributed by atoms with van der Waals surface area (Å²) in [5.74, 6) is -3.14. The van der Waals surface area contributed by atoms with E-state index in [2.05, 4.69) is 41.9 Å². The van der Waals surface area contributed by atoms with Gasteiger partial charge in [-0.15, -0.1) is 0 Å². The summed E-state index contributed by atoms with van der Waals surface area (Å²) in [5, 5.41) is 25.9. The molecule has 16 N–H and O–H groups in total. The number of carbonyl (C=O) groups is 6. The van der Waals surface area contributed by atoms with Crippen LogP contribution in [-0.4, -0.2) is 157 Å². The number of fused-ring (bicyclic) bond motifs is 3. The topological polar surface area (TPSA) is 339 Å². The van der Waals surface area contributed by atoms with Crippen LogP contribution in [0, 0.1) is 23.3 Å². The summed E-state index contributed by atoms with van der Waals surface area (Å²) in [6.07, 6.45) is 5.19. The van der Waals surface area contributed by atoms with E-state index >= 15 is 0 Å². The van der Waals surface area contributed by atoms with Crippen LogP contribution in [0.25, 0.3) is 32.3 Å². The first-order chi connectivity index (χ1) is 53.5. The number of nitrogens with zero attached hydrogens (tertiary/aromatic N) is 5. The van der Waals surface area contributed by atoms with Gasteiger partial charge in [0.25, 0.3) is 17.7 Å². The molecule has 3 saturated heterocycles. The summed E-state index contributed by atoms with van der Waals surface area (Å²) in [4.78, 5) is 91.7. The average molecular weight is 1560 g/mol. The van der Waals surface area contributed by atoms with E-state index in [-0.39, 0.29) is 90.1 Å². The molecule has 0 unspecified atom stereocenters. The highest BCUT2D eigenvalue weighted by atomic mass is 35.5. The van der Waals surface area contributed by atoms with Gasteiger partial charge in [-0.25, -0.2) is 17.6 Å². The van der Waals surface area contributed by atoms with Gasteiger partial charge in [0.2, 0.25) is 17.7 Å². The molecular weight excluding hydrogens is 1460 g/mol. The molecule has 0 aliphatic carbocycles. The summed E-state index contributed by atoms with van der Waals surface area (Å²) >= 11 is 12.0. The number of amides is 6. The van der Waals surface area contributed by atoms with Crippen LogP contribution in [0.1, 0.15) is 106 Å². The monoisotopic (exact) mass is 1560 g/mol. The molecule has 3 aliphatic rings. The summed E-state index contributed by atoms with van der Waals surface area (Å²) in [6.45, 7) is 4.17.